The van der Waals surface area contributed by atoms with Gasteiger partial charge in [-0.25, -0.2) is 9.59 Å². The van der Waals surface area contributed by atoms with Gasteiger partial charge in [0.15, 0.2) is 5.57 Å². The molecule has 5 nitrogen and oxygen atoms in total. The Kier molecular flexibility index (Phi) is 6.14. The van der Waals surface area contributed by atoms with Crippen molar-refractivity contribution in [3.63, 3.8) is 0 Å². The van der Waals surface area contributed by atoms with Crippen molar-refractivity contribution in [1.29, 1.82) is 0 Å². The van der Waals surface area contributed by atoms with Crippen molar-refractivity contribution in [3.05, 3.63) is 21.6 Å². The molecule has 1 heterocycles. The first-order valence-electron chi connectivity index (χ1n) is 5.32. The summed E-state index contributed by atoms with van der Waals surface area (Å²) in [6, 6.07) is 0. The summed E-state index contributed by atoms with van der Waals surface area (Å²) in [4.78, 5) is 24.1. The van der Waals surface area contributed by atoms with Gasteiger partial charge in [-0.2, -0.15) is 0 Å². The first kappa shape index (κ1) is 15.0. The molecule has 0 aromatic carbocycles. The van der Waals surface area contributed by atoms with Gasteiger partial charge in [-0.15, -0.1) is 0 Å². The van der Waals surface area contributed by atoms with E-state index in [0.717, 1.165) is 0 Å². The van der Waals surface area contributed by atoms with Gasteiger partial charge < -0.3 is 14.2 Å². The van der Waals surface area contributed by atoms with Gasteiger partial charge in [-0.3, -0.25) is 0 Å². The number of esters is 2. The molecule has 0 spiro atoms. The maximum absolute atomic E-state index is 11.8. The molecule has 100 valence electrons. The summed E-state index contributed by atoms with van der Waals surface area (Å²) in [7, 11) is 4.12. The Morgan fingerprint density at radius 3 is 2.17 bits per heavy atom. The third kappa shape index (κ3) is 3.46. The Bertz CT molecular complexity index is 380. The van der Waals surface area contributed by atoms with Gasteiger partial charge in [0, 0.05) is 5.41 Å². The number of carbonyl (C=O) groups is 2. The summed E-state index contributed by atoms with van der Waals surface area (Å²) in [5, 5.41) is 1.72. The minimum Gasteiger partial charge on any atom is -0.495 e. The second kappa shape index (κ2) is 7.38. The van der Waals surface area contributed by atoms with E-state index in [9.17, 15) is 9.59 Å². The van der Waals surface area contributed by atoms with E-state index >= 15 is 0 Å². The van der Waals surface area contributed by atoms with Crippen LogP contribution in [0.25, 0.3) is 0 Å². The lowest BCUT2D eigenvalue weighted by atomic mass is 10.2. The summed E-state index contributed by atoms with van der Waals surface area (Å²) in [6.07, 6.45) is 0. The van der Waals surface area contributed by atoms with E-state index in [0.29, 0.717) is 10.7 Å². The van der Waals surface area contributed by atoms with Gasteiger partial charge in [0.05, 0.1) is 25.2 Å². The van der Waals surface area contributed by atoms with Crippen LogP contribution in [0.5, 0.6) is 0 Å². The molecule has 0 saturated carbocycles. The molecule has 0 unspecified atom stereocenters. The maximum Gasteiger partial charge on any atom is 0.346 e. The summed E-state index contributed by atoms with van der Waals surface area (Å²) in [5.74, 6) is -0.908. The molecule has 0 aliphatic carbocycles. The van der Waals surface area contributed by atoms with Crippen LogP contribution in [0.2, 0.25) is 0 Å². The van der Waals surface area contributed by atoms with Crippen LogP contribution in [-0.2, 0) is 23.8 Å². The number of ether oxygens (including phenoxy) is 3. The first-order chi connectivity index (χ1) is 8.65. The van der Waals surface area contributed by atoms with Crippen LogP contribution < -0.4 is 0 Å². The quantitative estimate of drug-likeness (QED) is 0.253. The summed E-state index contributed by atoms with van der Waals surface area (Å²) in [5.41, 5.74) is -0.109. The van der Waals surface area contributed by atoms with E-state index in [1.54, 1.807) is 19.3 Å². The maximum atomic E-state index is 11.8. The Labute approximate surface area is 113 Å². The molecule has 7 heteroatoms. The monoisotopic (exact) mass is 290 g/mol. The lowest BCUT2D eigenvalue weighted by molar-refractivity contribution is -0.146. The number of methoxy groups -OCH3 is 1. The second-order valence-electron chi connectivity index (χ2n) is 3.01. The van der Waals surface area contributed by atoms with E-state index in [1.165, 1.54) is 28.7 Å². The average Bonchev–Trinajstić information content (AvgIpc) is 2.78. The molecule has 0 amide bonds. The highest BCUT2D eigenvalue weighted by Crippen LogP contribution is 2.46. The average molecular weight is 290 g/mol. The highest BCUT2D eigenvalue weighted by atomic mass is 33.1. The molecule has 0 bridgehead atoms. The fraction of sp³-hybridized carbons (Fsp3) is 0.455. The molecule has 18 heavy (non-hydrogen) atoms. The van der Waals surface area contributed by atoms with E-state index in [1.807, 2.05) is 0 Å². The molecule has 0 aromatic heterocycles. The molecular weight excluding hydrogens is 276 g/mol. The zero-order chi connectivity index (χ0) is 13.5. The van der Waals surface area contributed by atoms with E-state index in [4.69, 9.17) is 14.2 Å². The van der Waals surface area contributed by atoms with Crippen molar-refractivity contribution < 1.29 is 23.8 Å². The van der Waals surface area contributed by atoms with Crippen LogP contribution in [0.4, 0.5) is 0 Å². The van der Waals surface area contributed by atoms with Gasteiger partial charge in [0.2, 0.25) is 0 Å². The topological polar surface area (TPSA) is 61.8 Å². The molecule has 1 rings (SSSR count). The standard InChI is InChI=1S/C11H14O5S2/c1-4-15-10(12)8(11(13)16-5-2)9-7(14-3)6-17-18-9/h6H,4-5H2,1-3H3. The molecule has 0 atom stereocenters. The fourth-order valence-corrected chi connectivity index (χ4v) is 3.38. The highest BCUT2D eigenvalue weighted by Gasteiger charge is 2.31. The minimum absolute atomic E-state index is 0.109. The van der Waals surface area contributed by atoms with Crippen LogP contribution in [0, 0.1) is 0 Å². The molecule has 0 fully saturated rings. The Morgan fingerprint density at radius 1 is 1.17 bits per heavy atom. The lowest BCUT2D eigenvalue weighted by Crippen LogP contribution is -2.20. The van der Waals surface area contributed by atoms with E-state index in [-0.39, 0.29) is 18.8 Å². The van der Waals surface area contributed by atoms with Crippen LogP contribution in [0.15, 0.2) is 21.6 Å². The fourth-order valence-electron chi connectivity index (χ4n) is 1.19. The zero-order valence-electron chi connectivity index (χ0n) is 10.3. The van der Waals surface area contributed by atoms with Gasteiger partial charge in [-0.05, 0) is 24.6 Å². The molecular formula is C11H14O5S2. The number of rotatable bonds is 5. The Balaban J connectivity index is 3.11. The first-order valence-corrected chi connectivity index (χ1v) is 7.53. The van der Waals surface area contributed by atoms with Crippen molar-refractivity contribution in [2.24, 2.45) is 0 Å². The highest BCUT2D eigenvalue weighted by molar-refractivity contribution is 8.79. The number of hydrogen-bond acceptors (Lipinski definition) is 7. The van der Waals surface area contributed by atoms with Crippen LogP contribution in [0.3, 0.4) is 0 Å². The summed E-state index contributed by atoms with van der Waals surface area (Å²) in [6.45, 7) is 3.74. The Morgan fingerprint density at radius 2 is 1.72 bits per heavy atom. The van der Waals surface area contributed by atoms with Gasteiger partial charge >= 0.3 is 11.9 Å². The third-order valence-corrected chi connectivity index (χ3v) is 3.97. The van der Waals surface area contributed by atoms with Crippen molar-refractivity contribution >= 4 is 33.5 Å². The van der Waals surface area contributed by atoms with Crippen LogP contribution in [0.1, 0.15) is 13.8 Å². The molecule has 0 radical (unpaired) electrons. The zero-order valence-corrected chi connectivity index (χ0v) is 12.0. The third-order valence-electron chi connectivity index (χ3n) is 1.92. The molecule has 1 aliphatic rings. The minimum atomic E-state index is -0.691. The summed E-state index contributed by atoms with van der Waals surface area (Å²) < 4.78 is 14.9. The predicted molar refractivity (Wildman–Crippen MR) is 70.6 cm³/mol. The largest absolute Gasteiger partial charge is 0.495 e. The normalized spacial score (nSPS) is 13.9. The van der Waals surface area contributed by atoms with Crippen molar-refractivity contribution in [2.75, 3.05) is 20.3 Å². The SMILES string of the molecule is CCOC(=O)C(C(=O)OCC)=C1SSC=C1OC. The van der Waals surface area contributed by atoms with Gasteiger partial charge in [0.25, 0.3) is 0 Å². The number of hydrogen-bond donors (Lipinski definition) is 0. The van der Waals surface area contributed by atoms with Gasteiger partial charge in [0.1, 0.15) is 5.76 Å². The lowest BCUT2D eigenvalue weighted by Gasteiger charge is -2.10. The van der Waals surface area contributed by atoms with Gasteiger partial charge in [-0.1, -0.05) is 10.8 Å². The smallest absolute Gasteiger partial charge is 0.346 e. The number of carbonyl (C=O) groups excluding carboxylic acids is 2. The van der Waals surface area contributed by atoms with E-state index < -0.39 is 11.9 Å². The van der Waals surface area contributed by atoms with Crippen molar-refractivity contribution in [1.82, 2.24) is 0 Å². The molecule has 0 N–H and O–H groups in total. The van der Waals surface area contributed by atoms with Crippen LogP contribution in [-0.4, -0.2) is 32.3 Å². The second-order valence-corrected chi connectivity index (χ2v) is 5.09. The Hall–Kier alpha value is -1.08. The van der Waals surface area contributed by atoms with Crippen molar-refractivity contribution in [2.45, 2.75) is 13.8 Å². The molecule has 1 aliphatic heterocycles. The molecule has 0 aromatic rings. The van der Waals surface area contributed by atoms with E-state index in [2.05, 4.69) is 0 Å². The van der Waals surface area contributed by atoms with Crippen LogP contribution >= 0.6 is 21.6 Å². The summed E-state index contributed by atoms with van der Waals surface area (Å²) >= 11 is 0. The molecule has 0 saturated heterocycles. The van der Waals surface area contributed by atoms with Crippen molar-refractivity contribution in [3.8, 4) is 0 Å². The predicted octanol–water partition coefficient (Wildman–Crippen LogP) is 2.25.